The molecule has 6 heteroatoms. The monoisotopic (exact) mass is 240 g/mol. The van der Waals surface area contributed by atoms with Crippen LogP contribution >= 0.6 is 0 Å². The second-order valence-electron chi connectivity index (χ2n) is 3.65. The number of rotatable bonds is 3. The summed E-state index contributed by atoms with van der Waals surface area (Å²) >= 11 is 0. The molecule has 2 rings (SSSR count). The number of carboxylic acids is 1. The van der Waals surface area contributed by atoms with Crippen LogP contribution in [0.2, 0.25) is 0 Å². The number of nitrogens with one attached hydrogen (secondary N) is 1. The first kappa shape index (κ1) is 11.5. The number of H-pyrrole nitrogens is 1. The minimum absolute atomic E-state index is 0.0844. The second kappa shape index (κ2) is 4.14. The SMILES string of the molecule is NCC(C(=O)O)c1c(F)cc2cc[nH]c2c1F. The van der Waals surface area contributed by atoms with Crippen molar-refractivity contribution in [2.45, 2.75) is 5.92 Å². The average Bonchev–Trinajstić information content (AvgIpc) is 2.71. The third-order valence-corrected chi connectivity index (χ3v) is 2.66. The molecule has 0 saturated heterocycles. The van der Waals surface area contributed by atoms with Crippen LogP contribution in [0.25, 0.3) is 10.9 Å². The zero-order valence-corrected chi connectivity index (χ0v) is 8.71. The number of fused-ring (bicyclic) bond motifs is 1. The molecule has 0 aliphatic carbocycles. The minimum Gasteiger partial charge on any atom is -0.481 e. The zero-order chi connectivity index (χ0) is 12.6. The lowest BCUT2D eigenvalue weighted by Crippen LogP contribution is -2.23. The molecule has 0 bridgehead atoms. The average molecular weight is 240 g/mol. The van der Waals surface area contributed by atoms with Crippen molar-refractivity contribution >= 4 is 16.9 Å². The maximum atomic E-state index is 14.0. The number of aromatic nitrogens is 1. The predicted molar refractivity (Wildman–Crippen MR) is 57.6 cm³/mol. The zero-order valence-electron chi connectivity index (χ0n) is 8.71. The molecule has 4 nitrogen and oxygen atoms in total. The van der Waals surface area contributed by atoms with Crippen molar-refractivity contribution in [3.05, 3.63) is 35.5 Å². The van der Waals surface area contributed by atoms with Crippen LogP contribution in [-0.2, 0) is 4.79 Å². The Labute approximate surface area is 95.0 Å². The molecule has 0 aliphatic rings. The Hall–Kier alpha value is -1.95. The summed E-state index contributed by atoms with van der Waals surface area (Å²) in [5.74, 6) is -4.53. The Bertz CT molecular complexity index is 580. The number of nitrogens with two attached hydrogens (primary N) is 1. The van der Waals surface area contributed by atoms with E-state index >= 15 is 0 Å². The maximum absolute atomic E-state index is 14.0. The number of halogens is 2. The van der Waals surface area contributed by atoms with Gasteiger partial charge >= 0.3 is 5.97 Å². The van der Waals surface area contributed by atoms with E-state index in [4.69, 9.17) is 10.8 Å². The summed E-state index contributed by atoms with van der Waals surface area (Å²) in [6, 6.07) is 2.60. The summed E-state index contributed by atoms with van der Waals surface area (Å²) in [6.45, 7) is -0.366. The van der Waals surface area contributed by atoms with E-state index in [9.17, 15) is 13.6 Å². The van der Waals surface area contributed by atoms with Gasteiger partial charge in [-0.1, -0.05) is 0 Å². The first-order chi connectivity index (χ1) is 8.06. The summed E-state index contributed by atoms with van der Waals surface area (Å²) < 4.78 is 27.7. The molecule has 0 spiro atoms. The lowest BCUT2D eigenvalue weighted by molar-refractivity contribution is -0.138. The van der Waals surface area contributed by atoms with E-state index in [2.05, 4.69) is 4.98 Å². The molecule has 1 aromatic carbocycles. The lowest BCUT2D eigenvalue weighted by atomic mass is 9.97. The number of aromatic amines is 1. The highest BCUT2D eigenvalue weighted by Gasteiger charge is 2.27. The van der Waals surface area contributed by atoms with Gasteiger partial charge in [0, 0.05) is 23.7 Å². The van der Waals surface area contributed by atoms with Crippen LogP contribution in [0.4, 0.5) is 8.78 Å². The van der Waals surface area contributed by atoms with E-state index in [1.165, 1.54) is 12.3 Å². The van der Waals surface area contributed by atoms with E-state index in [1.54, 1.807) is 0 Å². The topological polar surface area (TPSA) is 79.1 Å². The quantitative estimate of drug-likeness (QED) is 0.761. The minimum atomic E-state index is -1.39. The molecule has 0 amide bonds. The van der Waals surface area contributed by atoms with Gasteiger partial charge in [0.2, 0.25) is 0 Å². The number of aliphatic carboxylic acids is 1. The molecule has 90 valence electrons. The van der Waals surface area contributed by atoms with Gasteiger partial charge in [0.25, 0.3) is 0 Å². The number of hydrogen-bond donors (Lipinski definition) is 3. The van der Waals surface area contributed by atoms with Crippen molar-refractivity contribution in [2.24, 2.45) is 5.73 Å². The molecule has 0 aliphatic heterocycles. The van der Waals surface area contributed by atoms with Gasteiger partial charge in [-0.15, -0.1) is 0 Å². The van der Waals surface area contributed by atoms with Crippen molar-refractivity contribution in [3.8, 4) is 0 Å². The Balaban J connectivity index is 2.71. The summed E-state index contributed by atoms with van der Waals surface area (Å²) in [4.78, 5) is 13.5. The molecule has 1 heterocycles. The van der Waals surface area contributed by atoms with Gasteiger partial charge < -0.3 is 15.8 Å². The highest BCUT2D eigenvalue weighted by Crippen LogP contribution is 2.28. The van der Waals surface area contributed by atoms with E-state index in [0.29, 0.717) is 5.39 Å². The van der Waals surface area contributed by atoms with Crippen LogP contribution in [0.1, 0.15) is 11.5 Å². The molecule has 1 atom stereocenters. The van der Waals surface area contributed by atoms with Gasteiger partial charge in [0.15, 0.2) is 5.82 Å². The Morgan fingerprint density at radius 3 is 2.82 bits per heavy atom. The molecule has 0 fully saturated rings. The standard InChI is InChI=1S/C11H10F2N2O2/c12-7-3-5-1-2-15-10(5)9(13)8(7)6(4-14)11(16)17/h1-3,6,15H,4,14H2,(H,16,17). The molecule has 4 N–H and O–H groups in total. The summed E-state index contributed by atoms with van der Waals surface area (Å²) in [6.07, 6.45) is 1.45. The van der Waals surface area contributed by atoms with E-state index < -0.39 is 29.1 Å². The fraction of sp³-hybridized carbons (Fsp3) is 0.182. The Kier molecular flexibility index (Phi) is 2.81. The first-order valence-electron chi connectivity index (χ1n) is 4.94. The lowest BCUT2D eigenvalue weighted by Gasteiger charge is -2.12. The molecule has 0 saturated carbocycles. The maximum Gasteiger partial charge on any atom is 0.312 e. The van der Waals surface area contributed by atoms with Crippen LogP contribution in [0.3, 0.4) is 0 Å². The van der Waals surface area contributed by atoms with Gasteiger partial charge in [0.1, 0.15) is 5.82 Å². The van der Waals surface area contributed by atoms with Crippen LogP contribution in [0.15, 0.2) is 18.3 Å². The van der Waals surface area contributed by atoms with Crippen molar-refractivity contribution in [3.63, 3.8) is 0 Å². The first-order valence-corrected chi connectivity index (χ1v) is 4.94. The van der Waals surface area contributed by atoms with Gasteiger partial charge in [-0.2, -0.15) is 0 Å². The van der Waals surface area contributed by atoms with E-state index in [0.717, 1.165) is 6.07 Å². The summed E-state index contributed by atoms with van der Waals surface area (Å²) in [5.41, 5.74) is 4.82. The van der Waals surface area contributed by atoms with E-state index in [-0.39, 0.29) is 12.1 Å². The third-order valence-electron chi connectivity index (χ3n) is 2.66. The van der Waals surface area contributed by atoms with Crippen molar-refractivity contribution in [2.75, 3.05) is 6.54 Å². The predicted octanol–water partition coefficient (Wildman–Crippen LogP) is 1.57. The molecular weight excluding hydrogens is 230 g/mol. The largest absolute Gasteiger partial charge is 0.481 e. The Morgan fingerprint density at radius 2 is 2.24 bits per heavy atom. The smallest absolute Gasteiger partial charge is 0.312 e. The van der Waals surface area contributed by atoms with Crippen molar-refractivity contribution < 1.29 is 18.7 Å². The molecule has 2 aromatic rings. The van der Waals surface area contributed by atoms with Gasteiger partial charge in [0.05, 0.1) is 11.4 Å². The van der Waals surface area contributed by atoms with Gasteiger partial charge in [-0.3, -0.25) is 4.79 Å². The van der Waals surface area contributed by atoms with Crippen LogP contribution in [0, 0.1) is 11.6 Å². The molecule has 0 radical (unpaired) electrons. The Morgan fingerprint density at radius 1 is 1.53 bits per heavy atom. The fourth-order valence-electron chi connectivity index (χ4n) is 1.81. The highest BCUT2D eigenvalue weighted by molar-refractivity contribution is 5.84. The normalized spacial score (nSPS) is 12.9. The number of hydrogen-bond acceptors (Lipinski definition) is 2. The van der Waals surface area contributed by atoms with Crippen molar-refractivity contribution in [1.29, 1.82) is 0 Å². The molecule has 1 unspecified atom stereocenters. The summed E-state index contributed by atoms with van der Waals surface area (Å²) in [5, 5.41) is 9.23. The summed E-state index contributed by atoms with van der Waals surface area (Å²) in [7, 11) is 0. The number of benzene rings is 1. The van der Waals surface area contributed by atoms with E-state index in [1.807, 2.05) is 0 Å². The van der Waals surface area contributed by atoms with Crippen LogP contribution in [-0.4, -0.2) is 22.6 Å². The second-order valence-corrected chi connectivity index (χ2v) is 3.65. The molecule has 1 aromatic heterocycles. The number of carbonyl (C=O) groups is 1. The van der Waals surface area contributed by atoms with Gasteiger partial charge in [-0.25, -0.2) is 8.78 Å². The van der Waals surface area contributed by atoms with Gasteiger partial charge in [-0.05, 0) is 12.1 Å². The molecule has 17 heavy (non-hydrogen) atoms. The fourth-order valence-corrected chi connectivity index (χ4v) is 1.81. The highest BCUT2D eigenvalue weighted by atomic mass is 19.1. The number of carboxylic acid groups (broad SMARTS) is 1. The molecular formula is C11H10F2N2O2. The van der Waals surface area contributed by atoms with Crippen LogP contribution < -0.4 is 5.73 Å². The van der Waals surface area contributed by atoms with Crippen LogP contribution in [0.5, 0.6) is 0 Å². The third kappa shape index (κ3) is 1.76. The van der Waals surface area contributed by atoms with Crippen molar-refractivity contribution in [1.82, 2.24) is 4.98 Å².